The molecule has 0 radical (unpaired) electrons. The van der Waals surface area contributed by atoms with Crippen LogP contribution in [0.4, 0.5) is 0 Å². The second-order valence-corrected chi connectivity index (χ2v) is 5.71. The molecule has 0 amide bonds. The van der Waals surface area contributed by atoms with E-state index in [9.17, 15) is 9.90 Å². The molecule has 3 nitrogen and oxygen atoms in total. The normalized spacial score (nSPS) is 20.6. The maximum absolute atomic E-state index is 12.3. The fourth-order valence-corrected chi connectivity index (χ4v) is 3.00. The number of aryl methyl sites for hydroxylation is 1. The van der Waals surface area contributed by atoms with Crippen molar-refractivity contribution in [1.29, 1.82) is 0 Å². The van der Waals surface area contributed by atoms with E-state index in [1.165, 1.54) is 19.3 Å². The highest BCUT2D eigenvalue weighted by molar-refractivity contribution is 5.97. The van der Waals surface area contributed by atoms with Crippen LogP contribution in [0.5, 0.6) is 0 Å². The van der Waals surface area contributed by atoms with Gasteiger partial charge in [-0.2, -0.15) is 0 Å². The van der Waals surface area contributed by atoms with Gasteiger partial charge in [-0.15, -0.1) is 0 Å². The minimum absolute atomic E-state index is 0.207. The third kappa shape index (κ3) is 3.90. The topological polar surface area (TPSA) is 40.5 Å². The Morgan fingerprint density at radius 2 is 2.10 bits per heavy atom. The second-order valence-electron chi connectivity index (χ2n) is 5.71. The van der Waals surface area contributed by atoms with Crippen LogP contribution >= 0.6 is 0 Å². The average molecular weight is 275 g/mol. The lowest BCUT2D eigenvalue weighted by molar-refractivity contribution is 0.0909. The number of hydrogen-bond donors (Lipinski definition) is 1. The third-order valence-electron chi connectivity index (χ3n) is 4.28. The van der Waals surface area contributed by atoms with E-state index >= 15 is 0 Å². The summed E-state index contributed by atoms with van der Waals surface area (Å²) in [5, 5.41) is 9.49. The van der Waals surface area contributed by atoms with Crippen LogP contribution in [0.25, 0.3) is 0 Å². The highest BCUT2D eigenvalue weighted by atomic mass is 16.3. The summed E-state index contributed by atoms with van der Waals surface area (Å²) in [6, 6.07) is 8.01. The largest absolute Gasteiger partial charge is 0.395 e. The first-order chi connectivity index (χ1) is 9.72. The first-order valence-corrected chi connectivity index (χ1v) is 7.66. The van der Waals surface area contributed by atoms with Crippen molar-refractivity contribution in [2.75, 3.05) is 19.7 Å². The number of benzene rings is 1. The zero-order valence-corrected chi connectivity index (χ0v) is 12.3. The standard InChI is InChI=1S/C17H25NO2/c1-14-7-4-5-9-16(14)17(20)10-12-18-11-6-2-3-8-15(18)13-19/h4-5,7,9,15,19H,2-3,6,8,10-13H2,1H3. The molecule has 1 aromatic carbocycles. The van der Waals surface area contributed by atoms with E-state index in [-0.39, 0.29) is 18.4 Å². The van der Waals surface area contributed by atoms with Crippen LogP contribution in [0.15, 0.2) is 24.3 Å². The van der Waals surface area contributed by atoms with Gasteiger partial charge in [-0.1, -0.05) is 37.1 Å². The van der Waals surface area contributed by atoms with E-state index in [2.05, 4.69) is 4.90 Å². The van der Waals surface area contributed by atoms with E-state index in [0.29, 0.717) is 6.42 Å². The minimum atomic E-state index is 0.207. The number of hydrogen-bond acceptors (Lipinski definition) is 3. The number of likely N-dealkylation sites (tertiary alicyclic amines) is 1. The van der Waals surface area contributed by atoms with Gasteiger partial charge in [0.1, 0.15) is 0 Å². The minimum Gasteiger partial charge on any atom is -0.395 e. The Kier molecular flexibility index (Phi) is 5.74. The second kappa shape index (κ2) is 7.55. The smallest absolute Gasteiger partial charge is 0.164 e. The molecule has 1 N–H and O–H groups in total. The Labute approximate surface area is 121 Å². The van der Waals surface area contributed by atoms with Gasteiger partial charge in [0.15, 0.2) is 5.78 Å². The van der Waals surface area contributed by atoms with Crippen molar-refractivity contribution in [2.24, 2.45) is 0 Å². The van der Waals surface area contributed by atoms with Crippen molar-refractivity contribution in [2.45, 2.75) is 45.1 Å². The van der Waals surface area contributed by atoms with Gasteiger partial charge in [0.2, 0.25) is 0 Å². The monoisotopic (exact) mass is 275 g/mol. The van der Waals surface area contributed by atoms with Gasteiger partial charge in [0, 0.05) is 24.6 Å². The van der Waals surface area contributed by atoms with E-state index in [1.807, 2.05) is 31.2 Å². The fourth-order valence-electron chi connectivity index (χ4n) is 3.00. The van der Waals surface area contributed by atoms with Crippen LogP contribution in [0, 0.1) is 6.92 Å². The lowest BCUT2D eigenvalue weighted by Crippen LogP contribution is -2.38. The van der Waals surface area contributed by atoms with Crippen molar-refractivity contribution in [3.05, 3.63) is 35.4 Å². The summed E-state index contributed by atoms with van der Waals surface area (Å²) >= 11 is 0. The quantitative estimate of drug-likeness (QED) is 0.840. The number of Topliss-reactive ketones (excluding diaryl/α,β-unsaturated/α-hetero) is 1. The number of ketones is 1. The zero-order valence-electron chi connectivity index (χ0n) is 12.3. The Morgan fingerprint density at radius 3 is 2.85 bits per heavy atom. The highest BCUT2D eigenvalue weighted by Gasteiger charge is 2.21. The summed E-state index contributed by atoms with van der Waals surface area (Å²) in [6.45, 7) is 3.96. The van der Waals surface area contributed by atoms with Crippen LogP contribution in [0.1, 0.15) is 48.0 Å². The van der Waals surface area contributed by atoms with Crippen molar-refractivity contribution in [3.8, 4) is 0 Å². The van der Waals surface area contributed by atoms with Gasteiger partial charge in [0.05, 0.1) is 6.61 Å². The molecule has 0 aliphatic carbocycles. The summed E-state index contributed by atoms with van der Waals surface area (Å²) in [5.74, 6) is 0.212. The predicted octanol–water partition coefficient (Wildman–Crippen LogP) is 2.80. The predicted molar refractivity (Wildman–Crippen MR) is 81.0 cm³/mol. The van der Waals surface area contributed by atoms with Crippen molar-refractivity contribution in [1.82, 2.24) is 4.90 Å². The highest BCUT2D eigenvalue weighted by Crippen LogP contribution is 2.18. The molecule has 1 heterocycles. The summed E-state index contributed by atoms with van der Waals surface area (Å²) in [6.07, 6.45) is 5.19. The van der Waals surface area contributed by atoms with Gasteiger partial charge in [0.25, 0.3) is 0 Å². The molecule has 2 rings (SSSR count). The molecule has 3 heteroatoms. The van der Waals surface area contributed by atoms with Crippen LogP contribution in [-0.4, -0.2) is 41.5 Å². The molecule has 0 bridgehead atoms. The lowest BCUT2D eigenvalue weighted by Gasteiger charge is -2.28. The van der Waals surface area contributed by atoms with E-state index in [4.69, 9.17) is 0 Å². The Balaban J connectivity index is 1.93. The molecular weight excluding hydrogens is 250 g/mol. The number of carbonyl (C=O) groups excluding carboxylic acids is 1. The van der Waals surface area contributed by atoms with Crippen molar-refractivity contribution in [3.63, 3.8) is 0 Å². The van der Waals surface area contributed by atoms with Crippen LogP contribution in [-0.2, 0) is 0 Å². The Morgan fingerprint density at radius 1 is 1.30 bits per heavy atom. The van der Waals surface area contributed by atoms with Crippen LogP contribution < -0.4 is 0 Å². The number of nitrogens with zero attached hydrogens (tertiary/aromatic N) is 1. The molecule has 1 aliphatic rings. The average Bonchev–Trinajstić information content (AvgIpc) is 2.70. The summed E-state index contributed by atoms with van der Waals surface area (Å²) in [4.78, 5) is 14.6. The first-order valence-electron chi connectivity index (χ1n) is 7.66. The SMILES string of the molecule is Cc1ccccc1C(=O)CCN1CCCCCC1CO. The van der Waals surface area contributed by atoms with E-state index in [1.54, 1.807) is 0 Å². The fraction of sp³-hybridized carbons (Fsp3) is 0.588. The molecule has 1 aromatic rings. The molecule has 1 saturated heterocycles. The Bertz CT molecular complexity index is 444. The molecule has 0 aromatic heterocycles. The number of rotatable bonds is 5. The molecule has 1 fully saturated rings. The molecule has 1 unspecified atom stereocenters. The molecular formula is C17H25NO2. The number of carbonyl (C=O) groups is 1. The lowest BCUT2D eigenvalue weighted by atomic mass is 10.0. The van der Waals surface area contributed by atoms with Crippen molar-refractivity contribution >= 4 is 5.78 Å². The molecule has 0 spiro atoms. The molecule has 20 heavy (non-hydrogen) atoms. The maximum atomic E-state index is 12.3. The first kappa shape index (κ1) is 15.2. The van der Waals surface area contributed by atoms with Gasteiger partial charge in [-0.25, -0.2) is 0 Å². The van der Waals surface area contributed by atoms with Crippen LogP contribution in [0.2, 0.25) is 0 Å². The van der Waals surface area contributed by atoms with Gasteiger partial charge >= 0.3 is 0 Å². The molecule has 0 saturated carbocycles. The van der Waals surface area contributed by atoms with Crippen LogP contribution in [0.3, 0.4) is 0 Å². The summed E-state index contributed by atoms with van der Waals surface area (Å²) < 4.78 is 0. The third-order valence-corrected chi connectivity index (χ3v) is 4.28. The van der Waals surface area contributed by atoms with Gasteiger partial charge in [-0.3, -0.25) is 9.69 Å². The molecule has 1 atom stereocenters. The number of aliphatic hydroxyl groups is 1. The zero-order chi connectivity index (χ0) is 14.4. The van der Waals surface area contributed by atoms with E-state index < -0.39 is 0 Å². The van der Waals surface area contributed by atoms with E-state index in [0.717, 1.165) is 30.6 Å². The Hall–Kier alpha value is -1.19. The molecule has 1 aliphatic heterocycles. The van der Waals surface area contributed by atoms with Gasteiger partial charge < -0.3 is 5.11 Å². The summed E-state index contributed by atoms with van der Waals surface area (Å²) in [5.41, 5.74) is 1.88. The summed E-state index contributed by atoms with van der Waals surface area (Å²) in [7, 11) is 0. The maximum Gasteiger partial charge on any atom is 0.164 e. The number of aliphatic hydroxyl groups excluding tert-OH is 1. The molecule has 110 valence electrons. The van der Waals surface area contributed by atoms with Crippen molar-refractivity contribution < 1.29 is 9.90 Å². The van der Waals surface area contributed by atoms with Gasteiger partial charge in [-0.05, 0) is 31.9 Å².